The smallest absolute Gasteiger partial charge is 0.249 e. The molecule has 10 heteroatoms. The van der Waals surface area contributed by atoms with Crippen molar-refractivity contribution in [2.75, 3.05) is 25.1 Å². The van der Waals surface area contributed by atoms with Gasteiger partial charge in [-0.3, -0.25) is 0 Å². The summed E-state index contributed by atoms with van der Waals surface area (Å²) >= 11 is 1.02. The summed E-state index contributed by atoms with van der Waals surface area (Å²) in [6.45, 7) is 0.414. The highest BCUT2D eigenvalue weighted by Crippen LogP contribution is 2.33. The summed E-state index contributed by atoms with van der Waals surface area (Å²) < 4.78 is 29.3. The van der Waals surface area contributed by atoms with Crippen LogP contribution in [0.15, 0.2) is 17.4 Å². The molecule has 0 aromatic carbocycles. The quantitative estimate of drug-likeness (QED) is 0.732. The van der Waals surface area contributed by atoms with Gasteiger partial charge in [0.15, 0.2) is 10.7 Å². The molecule has 0 amide bonds. The van der Waals surface area contributed by atoms with E-state index in [1.807, 2.05) is 0 Å². The summed E-state index contributed by atoms with van der Waals surface area (Å²) in [5.41, 5.74) is 6.48. The van der Waals surface area contributed by atoms with Crippen LogP contribution in [0.3, 0.4) is 0 Å². The molecule has 0 aliphatic rings. The first-order chi connectivity index (χ1) is 8.93. The fraction of sp³-hybridized carbons (Fsp3) is 0.333. The number of nitrogens with zero attached hydrogens (tertiary/aromatic N) is 3. The van der Waals surface area contributed by atoms with E-state index in [1.54, 1.807) is 12.5 Å². The van der Waals surface area contributed by atoms with E-state index in [1.165, 1.54) is 14.1 Å². The summed E-state index contributed by atoms with van der Waals surface area (Å²) in [5, 5.41) is 3.41. The number of imidazole rings is 1. The highest BCUT2D eigenvalue weighted by molar-refractivity contribution is 7.89. The first kappa shape index (κ1) is 13.8. The average molecular weight is 302 g/mol. The number of hydrogen-bond donors (Lipinski definition) is 3. The van der Waals surface area contributed by atoms with Crippen LogP contribution in [0.2, 0.25) is 0 Å². The average Bonchev–Trinajstić information content (AvgIpc) is 2.95. The van der Waals surface area contributed by atoms with Gasteiger partial charge in [-0.15, -0.1) is 0 Å². The third kappa shape index (κ3) is 2.69. The zero-order valence-corrected chi connectivity index (χ0v) is 12.0. The summed E-state index contributed by atoms with van der Waals surface area (Å²) in [5.74, 6) is 0.00538. The van der Waals surface area contributed by atoms with Crippen LogP contribution in [-0.2, 0) is 16.6 Å². The summed E-state index contributed by atoms with van der Waals surface area (Å²) in [4.78, 5) is 6.81. The van der Waals surface area contributed by atoms with Crippen LogP contribution in [0.4, 0.5) is 10.8 Å². The van der Waals surface area contributed by atoms with Crippen molar-refractivity contribution in [2.24, 2.45) is 0 Å². The van der Waals surface area contributed by atoms with Crippen LogP contribution in [0.5, 0.6) is 0 Å². The van der Waals surface area contributed by atoms with E-state index in [2.05, 4.69) is 19.7 Å². The van der Waals surface area contributed by atoms with E-state index >= 15 is 0 Å². The molecule has 104 valence electrons. The third-order valence-corrected chi connectivity index (χ3v) is 5.25. The van der Waals surface area contributed by atoms with Gasteiger partial charge >= 0.3 is 0 Å². The largest absolute Gasteiger partial charge is 0.382 e. The molecule has 0 aliphatic heterocycles. The standard InChI is InChI=1S/C9H14N6O2S2/c1-15(2)19(16,17)7-8(10)14-18-9(7)12-4-6-3-11-5-13-6/h3,5,12H,4H2,1-2H3,(H2,10,14)(H,11,13). The van der Waals surface area contributed by atoms with Crippen LogP contribution in [0.25, 0.3) is 0 Å². The van der Waals surface area contributed by atoms with E-state index in [9.17, 15) is 8.42 Å². The van der Waals surface area contributed by atoms with Crippen molar-refractivity contribution in [1.82, 2.24) is 18.6 Å². The Hall–Kier alpha value is -1.65. The van der Waals surface area contributed by atoms with Crippen molar-refractivity contribution >= 4 is 32.4 Å². The molecule has 2 rings (SSSR count). The molecule has 19 heavy (non-hydrogen) atoms. The molecule has 0 saturated heterocycles. The summed E-state index contributed by atoms with van der Waals surface area (Å²) in [6.07, 6.45) is 3.20. The summed E-state index contributed by atoms with van der Waals surface area (Å²) in [6, 6.07) is 0. The Labute approximate surface area is 114 Å². The molecule has 2 aromatic rings. The molecule has 2 heterocycles. The van der Waals surface area contributed by atoms with Crippen LogP contribution in [0, 0.1) is 0 Å². The predicted molar refractivity (Wildman–Crippen MR) is 73.3 cm³/mol. The Morgan fingerprint density at radius 2 is 2.26 bits per heavy atom. The number of nitrogen functional groups attached to an aromatic ring is 1. The van der Waals surface area contributed by atoms with Crippen molar-refractivity contribution in [3.05, 3.63) is 18.2 Å². The molecule has 4 N–H and O–H groups in total. The highest BCUT2D eigenvalue weighted by Gasteiger charge is 2.27. The lowest BCUT2D eigenvalue weighted by Crippen LogP contribution is -2.23. The van der Waals surface area contributed by atoms with Crippen LogP contribution in [-0.4, -0.2) is 41.2 Å². The van der Waals surface area contributed by atoms with Gasteiger partial charge in [0, 0.05) is 20.3 Å². The highest BCUT2D eigenvalue weighted by atomic mass is 32.2. The molecular weight excluding hydrogens is 288 g/mol. The Bertz CT molecular complexity index is 646. The van der Waals surface area contributed by atoms with Crippen LogP contribution in [0.1, 0.15) is 5.69 Å². The van der Waals surface area contributed by atoms with Crippen molar-refractivity contribution in [3.63, 3.8) is 0 Å². The normalized spacial score (nSPS) is 11.9. The number of H-pyrrole nitrogens is 1. The molecule has 0 atom stereocenters. The van der Waals surface area contributed by atoms with Gasteiger partial charge in [-0.05, 0) is 11.5 Å². The lowest BCUT2D eigenvalue weighted by atomic mass is 10.4. The number of aromatic nitrogens is 3. The second-order valence-electron chi connectivity index (χ2n) is 3.94. The molecular formula is C9H14N6O2S2. The maximum atomic E-state index is 12.1. The van der Waals surface area contributed by atoms with Gasteiger partial charge in [0.05, 0.1) is 18.6 Å². The van der Waals surface area contributed by atoms with Crippen molar-refractivity contribution < 1.29 is 8.42 Å². The second-order valence-corrected chi connectivity index (χ2v) is 6.81. The van der Waals surface area contributed by atoms with Crippen molar-refractivity contribution in [1.29, 1.82) is 0 Å². The Morgan fingerprint density at radius 3 is 2.84 bits per heavy atom. The maximum Gasteiger partial charge on any atom is 0.249 e. The minimum Gasteiger partial charge on any atom is -0.382 e. The van der Waals surface area contributed by atoms with E-state index in [0.717, 1.165) is 21.5 Å². The minimum absolute atomic E-state index is 0.00538. The van der Waals surface area contributed by atoms with Gasteiger partial charge in [-0.1, -0.05) is 0 Å². The molecule has 0 aliphatic carbocycles. The summed E-state index contributed by atoms with van der Waals surface area (Å²) in [7, 11) is -0.719. The topological polar surface area (TPSA) is 117 Å². The number of rotatable bonds is 5. The second kappa shape index (κ2) is 5.15. The van der Waals surface area contributed by atoms with Gasteiger partial charge in [0.25, 0.3) is 0 Å². The predicted octanol–water partition coefficient (Wildman–Crippen LogP) is 0.311. The first-order valence-corrected chi connectivity index (χ1v) is 7.53. The molecule has 0 fully saturated rings. The SMILES string of the molecule is CN(C)S(=O)(=O)c1c(N)nsc1NCc1cnc[nH]1. The number of anilines is 2. The molecule has 0 spiro atoms. The lowest BCUT2D eigenvalue weighted by molar-refractivity contribution is 0.521. The molecule has 0 bridgehead atoms. The van der Waals surface area contributed by atoms with Crippen LogP contribution >= 0.6 is 11.5 Å². The zero-order valence-electron chi connectivity index (χ0n) is 10.4. The van der Waals surface area contributed by atoms with E-state index in [0.29, 0.717) is 11.5 Å². The van der Waals surface area contributed by atoms with Gasteiger partial charge in [-0.2, -0.15) is 4.37 Å². The number of nitrogens with one attached hydrogen (secondary N) is 2. The third-order valence-electron chi connectivity index (χ3n) is 2.41. The molecule has 0 unspecified atom stereocenters. The molecule has 8 nitrogen and oxygen atoms in total. The number of sulfonamides is 1. The number of nitrogens with two attached hydrogens (primary N) is 1. The monoisotopic (exact) mass is 302 g/mol. The zero-order chi connectivity index (χ0) is 14.0. The van der Waals surface area contributed by atoms with Gasteiger partial charge in [0.2, 0.25) is 10.0 Å². The van der Waals surface area contributed by atoms with Gasteiger partial charge in [0.1, 0.15) is 5.00 Å². The van der Waals surface area contributed by atoms with Crippen LogP contribution < -0.4 is 11.1 Å². The lowest BCUT2D eigenvalue weighted by Gasteiger charge is -2.12. The molecule has 2 aromatic heterocycles. The van der Waals surface area contributed by atoms with Gasteiger partial charge in [-0.25, -0.2) is 17.7 Å². The van der Waals surface area contributed by atoms with E-state index in [4.69, 9.17) is 5.73 Å². The van der Waals surface area contributed by atoms with Crippen molar-refractivity contribution in [3.8, 4) is 0 Å². The molecule has 0 radical (unpaired) electrons. The first-order valence-electron chi connectivity index (χ1n) is 5.31. The van der Waals surface area contributed by atoms with E-state index in [-0.39, 0.29) is 10.7 Å². The van der Waals surface area contributed by atoms with E-state index < -0.39 is 10.0 Å². The fourth-order valence-corrected chi connectivity index (χ4v) is 3.47. The fourth-order valence-electron chi connectivity index (χ4n) is 1.40. The Balaban J connectivity index is 2.28. The number of aromatic amines is 1. The minimum atomic E-state index is -3.62. The maximum absolute atomic E-state index is 12.1. The van der Waals surface area contributed by atoms with Crippen molar-refractivity contribution in [2.45, 2.75) is 11.4 Å². The molecule has 0 saturated carbocycles. The van der Waals surface area contributed by atoms with Gasteiger partial charge < -0.3 is 16.0 Å². The Kier molecular flexibility index (Phi) is 3.73. The number of hydrogen-bond acceptors (Lipinski definition) is 7. The Morgan fingerprint density at radius 1 is 1.53 bits per heavy atom.